The number of esters is 1. The molecule has 0 fully saturated rings. The number of aryl methyl sites for hydroxylation is 1. The van der Waals surface area contributed by atoms with Gasteiger partial charge in [-0.1, -0.05) is 11.8 Å². The first-order valence-electron chi connectivity index (χ1n) is 5.79. The number of carbonyl (C=O) groups is 1. The number of hydrogen-bond acceptors (Lipinski definition) is 6. The van der Waals surface area contributed by atoms with Crippen LogP contribution in [-0.2, 0) is 9.53 Å². The van der Waals surface area contributed by atoms with Crippen molar-refractivity contribution >= 4 is 17.7 Å². The van der Waals surface area contributed by atoms with Crippen molar-refractivity contribution in [2.75, 3.05) is 19.4 Å². The van der Waals surface area contributed by atoms with Gasteiger partial charge in [-0.05, 0) is 33.4 Å². The minimum atomic E-state index is -0.727. The number of ether oxygens (including phenoxy) is 1. The molecule has 1 aromatic rings. The summed E-state index contributed by atoms with van der Waals surface area (Å²) in [6.07, 6.45) is 3.52. The molecule has 0 amide bonds. The van der Waals surface area contributed by atoms with Crippen molar-refractivity contribution in [3.8, 4) is 0 Å². The third-order valence-corrected chi connectivity index (χ3v) is 3.72. The zero-order chi connectivity index (χ0) is 13.6. The van der Waals surface area contributed by atoms with Gasteiger partial charge in [0.25, 0.3) is 0 Å². The van der Waals surface area contributed by atoms with Crippen LogP contribution >= 0.6 is 11.8 Å². The van der Waals surface area contributed by atoms with Crippen LogP contribution in [0.4, 0.5) is 0 Å². The average molecular weight is 269 g/mol. The number of thioether (sulfide) groups is 1. The molecule has 1 rings (SSSR count). The van der Waals surface area contributed by atoms with E-state index in [0.717, 1.165) is 5.56 Å². The fraction of sp³-hybridized carbons (Fsp3) is 0.583. The number of carbonyl (C=O) groups excluding carboxylic acids is 1. The van der Waals surface area contributed by atoms with Crippen LogP contribution in [0.3, 0.4) is 0 Å². The SMILES string of the molecule is CCOC(=O)C(C)(CSc1ncc(C)cn1)NC. The number of nitrogens with one attached hydrogen (secondary N) is 1. The molecular formula is C12H19N3O2S. The molecule has 6 heteroatoms. The first-order valence-corrected chi connectivity index (χ1v) is 6.78. The summed E-state index contributed by atoms with van der Waals surface area (Å²) in [5.74, 6) is 0.262. The van der Waals surface area contributed by atoms with Gasteiger partial charge in [-0.25, -0.2) is 9.97 Å². The summed E-state index contributed by atoms with van der Waals surface area (Å²) in [5.41, 5.74) is 0.288. The molecule has 0 bridgehead atoms. The Kier molecular flexibility index (Phi) is 5.55. The lowest BCUT2D eigenvalue weighted by Crippen LogP contribution is -2.50. The summed E-state index contributed by atoms with van der Waals surface area (Å²) in [7, 11) is 1.74. The molecule has 0 aliphatic carbocycles. The molecule has 1 heterocycles. The fourth-order valence-electron chi connectivity index (χ4n) is 1.19. The molecule has 100 valence electrons. The van der Waals surface area contributed by atoms with Gasteiger partial charge in [-0.3, -0.25) is 4.79 Å². The Balaban J connectivity index is 2.63. The van der Waals surface area contributed by atoms with Crippen molar-refractivity contribution in [3.05, 3.63) is 18.0 Å². The highest BCUT2D eigenvalue weighted by Gasteiger charge is 2.33. The minimum Gasteiger partial charge on any atom is -0.465 e. The Morgan fingerprint density at radius 1 is 1.50 bits per heavy atom. The van der Waals surface area contributed by atoms with E-state index >= 15 is 0 Å². The lowest BCUT2D eigenvalue weighted by Gasteiger charge is -2.25. The Hall–Kier alpha value is -1.14. The van der Waals surface area contributed by atoms with Crippen molar-refractivity contribution in [1.29, 1.82) is 0 Å². The quantitative estimate of drug-likeness (QED) is 0.479. The van der Waals surface area contributed by atoms with Crippen LogP contribution < -0.4 is 5.32 Å². The maximum absolute atomic E-state index is 11.8. The van der Waals surface area contributed by atoms with Crippen LogP contribution in [0.15, 0.2) is 17.6 Å². The van der Waals surface area contributed by atoms with Crippen molar-refractivity contribution in [3.63, 3.8) is 0 Å². The molecule has 1 unspecified atom stereocenters. The summed E-state index contributed by atoms with van der Waals surface area (Å²) >= 11 is 1.43. The number of nitrogens with zero attached hydrogens (tertiary/aromatic N) is 2. The summed E-state index contributed by atoms with van der Waals surface area (Å²) in [6, 6.07) is 0. The van der Waals surface area contributed by atoms with E-state index in [2.05, 4.69) is 15.3 Å². The van der Waals surface area contributed by atoms with Crippen molar-refractivity contribution in [2.24, 2.45) is 0 Å². The van der Waals surface area contributed by atoms with E-state index in [-0.39, 0.29) is 5.97 Å². The van der Waals surface area contributed by atoms with Crippen molar-refractivity contribution in [2.45, 2.75) is 31.5 Å². The topological polar surface area (TPSA) is 64.1 Å². The predicted octanol–water partition coefficient (Wildman–Crippen LogP) is 1.42. The van der Waals surface area contributed by atoms with Crippen LogP contribution in [-0.4, -0.2) is 40.9 Å². The highest BCUT2D eigenvalue weighted by molar-refractivity contribution is 7.99. The Labute approximate surface area is 112 Å². The fourth-order valence-corrected chi connectivity index (χ4v) is 2.12. The zero-order valence-electron chi connectivity index (χ0n) is 11.2. The van der Waals surface area contributed by atoms with E-state index in [0.29, 0.717) is 17.5 Å². The van der Waals surface area contributed by atoms with E-state index in [9.17, 15) is 4.79 Å². The monoisotopic (exact) mass is 269 g/mol. The van der Waals surface area contributed by atoms with Gasteiger partial charge in [-0.2, -0.15) is 0 Å². The smallest absolute Gasteiger partial charge is 0.326 e. The van der Waals surface area contributed by atoms with Crippen LogP contribution in [0.1, 0.15) is 19.4 Å². The van der Waals surface area contributed by atoms with Crippen LogP contribution in [0.5, 0.6) is 0 Å². The molecule has 1 N–H and O–H groups in total. The molecule has 1 atom stereocenters. The molecule has 0 saturated heterocycles. The first-order chi connectivity index (χ1) is 8.51. The minimum absolute atomic E-state index is 0.257. The summed E-state index contributed by atoms with van der Waals surface area (Å²) in [5, 5.41) is 3.65. The normalized spacial score (nSPS) is 14.0. The second-order valence-corrected chi connectivity index (χ2v) is 5.08. The van der Waals surface area contributed by atoms with Crippen molar-refractivity contribution < 1.29 is 9.53 Å². The lowest BCUT2D eigenvalue weighted by atomic mass is 10.1. The van der Waals surface area contributed by atoms with Crippen LogP contribution in [0.25, 0.3) is 0 Å². The van der Waals surface area contributed by atoms with E-state index in [1.807, 2.05) is 13.8 Å². The van der Waals surface area contributed by atoms with Gasteiger partial charge < -0.3 is 10.1 Å². The highest BCUT2D eigenvalue weighted by Crippen LogP contribution is 2.20. The Bertz CT molecular complexity index is 397. The highest BCUT2D eigenvalue weighted by atomic mass is 32.2. The third kappa shape index (κ3) is 3.96. The molecule has 5 nitrogen and oxygen atoms in total. The molecule has 0 aliphatic rings. The van der Waals surface area contributed by atoms with Gasteiger partial charge in [0.15, 0.2) is 5.16 Å². The van der Waals surface area contributed by atoms with E-state index < -0.39 is 5.54 Å². The Morgan fingerprint density at radius 3 is 2.61 bits per heavy atom. The molecule has 1 aromatic heterocycles. The zero-order valence-corrected chi connectivity index (χ0v) is 12.0. The van der Waals surface area contributed by atoms with Gasteiger partial charge in [0.1, 0.15) is 5.54 Å². The van der Waals surface area contributed by atoms with Gasteiger partial charge in [0.2, 0.25) is 0 Å². The first kappa shape index (κ1) is 14.9. The number of rotatable bonds is 6. The van der Waals surface area contributed by atoms with Crippen LogP contribution in [0.2, 0.25) is 0 Å². The largest absolute Gasteiger partial charge is 0.465 e. The number of hydrogen-bond donors (Lipinski definition) is 1. The molecule has 0 spiro atoms. The standard InChI is InChI=1S/C12H19N3O2S/c1-5-17-10(16)12(3,13-4)8-18-11-14-6-9(2)7-15-11/h6-7,13H,5,8H2,1-4H3. The molecule has 0 radical (unpaired) electrons. The predicted molar refractivity (Wildman–Crippen MR) is 71.6 cm³/mol. The third-order valence-electron chi connectivity index (χ3n) is 2.52. The molecule has 0 aromatic carbocycles. The summed E-state index contributed by atoms with van der Waals surface area (Å²) < 4.78 is 5.05. The van der Waals surface area contributed by atoms with Crippen molar-refractivity contribution in [1.82, 2.24) is 15.3 Å². The van der Waals surface area contributed by atoms with Gasteiger partial charge in [-0.15, -0.1) is 0 Å². The summed E-state index contributed by atoms with van der Waals surface area (Å²) in [4.78, 5) is 20.2. The van der Waals surface area contributed by atoms with E-state index in [4.69, 9.17) is 4.74 Å². The lowest BCUT2D eigenvalue weighted by molar-refractivity contribution is -0.149. The van der Waals surface area contributed by atoms with E-state index in [1.54, 1.807) is 26.4 Å². The van der Waals surface area contributed by atoms with E-state index in [1.165, 1.54) is 11.8 Å². The van der Waals surface area contributed by atoms with Gasteiger partial charge in [0.05, 0.1) is 6.61 Å². The number of aromatic nitrogens is 2. The van der Waals surface area contributed by atoms with Crippen LogP contribution in [0, 0.1) is 6.92 Å². The Morgan fingerprint density at radius 2 is 2.11 bits per heavy atom. The molecule has 0 aliphatic heterocycles. The average Bonchev–Trinajstić information content (AvgIpc) is 2.38. The molecule has 0 saturated carbocycles. The second kappa shape index (κ2) is 6.70. The maximum Gasteiger partial charge on any atom is 0.326 e. The van der Waals surface area contributed by atoms with Gasteiger partial charge in [0, 0.05) is 18.1 Å². The second-order valence-electron chi connectivity index (χ2n) is 4.13. The number of likely N-dealkylation sites (N-methyl/N-ethyl adjacent to an activating group) is 1. The maximum atomic E-state index is 11.8. The molecule has 18 heavy (non-hydrogen) atoms. The van der Waals surface area contributed by atoms with Gasteiger partial charge >= 0.3 is 5.97 Å². The molecular weight excluding hydrogens is 250 g/mol. The summed E-state index contributed by atoms with van der Waals surface area (Å²) in [6.45, 7) is 5.92.